The topological polar surface area (TPSA) is 15.3 Å². The average molecular weight is 248 g/mol. The molecule has 1 saturated heterocycles. The van der Waals surface area contributed by atoms with Crippen LogP contribution in [0.1, 0.15) is 24.8 Å². The monoisotopic (exact) mass is 248 g/mol. The molecule has 0 bridgehead atoms. The average Bonchev–Trinajstić information content (AvgIpc) is 3.10. The molecule has 0 aromatic heterocycles. The van der Waals surface area contributed by atoms with Gasteiger partial charge in [-0.05, 0) is 49.9 Å². The van der Waals surface area contributed by atoms with Crippen molar-refractivity contribution in [3.8, 4) is 0 Å². The first kappa shape index (κ1) is 12.1. The van der Waals surface area contributed by atoms with Crippen LogP contribution in [0.15, 0.2) is 24.3 Å². The Kier molecular flexibility index (Phi) is 3.62. The Morgan fingerprint density at radius 2 is 2.17 bits per heavy atom. The van der Waals surface area contributed by atoms with Gasteiger partial charge in [-0.2, -0.15) is 0 Å². The van der Waals surface area contributed by atoms with Crippen molar-refractivity contribution in [3.63, 3.8) is 0 Å². The van der Waals surface area contributed by atoms with E-state index in [1.807, 2.05) is 6.07 Å². The fourth-order valence-corrected chi connectivity index (χ4v) is 2.84. The van der Waals surface area contributed by atoms with Crippen LogP contribution in [0.5, 0.6) is 0 Å². The Labute approximate surface area is 108 Å². The molecule has 1 N–H and O–H groups in total. The Balaban J connectivity index is 1.39. The lowest BCUT2D eigenvalue weighted by molar-refractivity contribution is 0.318. The first-order valence-electron chi connectivity index (χ1n) is 7.03. The van der Waals surface area contributed by atoms with Gasteiger partial charge in [0.2, 0.25) is 0 Å². The van der Waals surface area contributed by atoms with Gasteiger partial charge in [0.05, 0.1) is 0 Å². The van der Waals surface area contributed by atoms with E-state index in [1.54, 1.807) is 12.1 Å². The van der Waals surface area contributed by atoms with Gasteiger partial charge in [0.25, 0.3) is 0 Å². The highest BCUT2D eigenvalue weighted by Gasteiger charge is 2.33. The van der Waals surface area contributed by atoms with E-state index < -0.39 is 0 Å². The van der Waals surface area contributed by atoms with Crippen LogP contribution < -0.4 is 5.32 Å². The fourth-order valence-electron chi connectivity index (χ4n) is 2.84. The van der Waals surface area contributed by atoms with Gasteiger partial charge in [0, 0.05) is 25.2 Å². The Bertz CT molecular complexity index is 403. The smallest absolute Gasteiger partial charge is 0.123 e. The van der Waals surface area contributed by atoms with Gasteiger partial charge < -0.3 is 5.32 Å². The molecule has 18 heavy (non-hydrogen) atoms. The van der Waals surface area contributed by atoms with Crippen molar-refractivity contribution in [1.82, 2.24) is 10.2 Å². The Hall–Kier alpha value is -0.930. The van der Waals surface area contributed by atoms with Crippen molar-refractivity contribution in [3.05, 3.63) is 35.6 Å². The van der Waals surface area contributed by atoms with Crippen molar-refractivity contribution in [1.29, 1.82) is 0 Å². The van der Waals surface area contributed by atoms with Crippen LogP contribution in [0.4, 0.5) is 4.39 Å². The van der Waals surface area contributed by atoms with E-state index in [0.717, 1.165) is 24.6 Å². The number of hydrogen-bond donors (Lipinski definition) is 1. The maximum Gasteiger partial charge on any atom is 0.123 e. The first-order chi connectivity index (χ1) is 8.81. The third-order valence-corrected chi connectivity index (χ3v) is 4.02. The van der Waals surface area contributed by atoms with Crippen LogP contribution in [0.25, 0.3) is 0 Å². The summed E-state index contributed by atoms with van der Waals surface area (Å²) in [7, 11) is 0. The molecular weight excluding hydrogens is 227 g/mol. The van der Waals surface area contributed by atoms with E-state index in [1.165, 1.54) is 38.4 Å². The molecule has 0 radical (unpaired) electrons. The summed E-state index contributed by atoms with van der Waals surface area (Å²) in [5.74, 6) is -0.131. The molecule has 1 heterocycles. The third kappa shape index (κ3) is 3.09. The van der Waals surface area contributed by atoms with Crippen LogP contribution in [0, 0.1) is 5.82 Å². The highest BCUT2D eigenvalue weighted by Crippen LogP contribution is 2.29. The molecule has 0 spiro atoms. The summed E-state index contributed by atoms with van der Waals surface area (Å²) in [5, 5.41) is 3.60. The third-order valence-electron chi connectivity index (χ3n) is 4.02. The number of nitrogens with zero attached hydrogens (tertiary/aromatic N) is 1. The van der Waals surface area contributed by atoms with Gasteiger partial charge in [0.1, 0.15) is 5.82 Å². The predicted octanol–water partition coefficient (Wildman–Crippen LogP) is 2.19. The van der Waals surface area contributed by atoms with E-state index >= 15 is 0 Å². The number of rotatable bonds is 5. The van der Waals surface area contributed by atoms with Crippen LogP contribution in [-0.4, -0.2) is 36.6 Å². The molecule has 1 saturated carbocycles. The lowest BCUT2D eigenvalue weighted by Gasteiger charge is -2.15. The van der Waals surface area contributed by atoms with Crippen LogP contribution >= 0.6 is 0 Å². The normalized spacial score (nSPS) is 24.6. The molecule has 2 aliphatic rings. The second kappa shape index (κ2) is 5.37. The molecule has 1 aliphatic heterocycles. The highest BCUT2D eigenvalue weighted by atomic mass is 19.1. The molecule has 3 heteroatoms. The zero-order valence-electron chi connectivity index (χ0n) is 10.7. The SMILES string of the molecule is Fc1cccc(CCNC2CCN(C3CC3)C2)c1. The standard InChI is InChI=1S/C15H21FN2/c16-13-3-1-2-12(10-13)6-8-17-14-7-9-18(11-14)15-4-5-15/h1-3,10,14-15,17H,4-9,11H2. The fraction of sp³-hybridized carbons (Fsp3) is 0.600. The maximum absolute atomic E-state index is 13.0. The maximum atomic E-state index is 13.0. The van der Waals surface area contributed by atoms with Crippen molar-refractivity contribution in [2.45, 2.75) is 37.8 Å². The summed E-state index contributed by atoms with van der Waals surface area (Å²) < 4.78 is 13.0. The zero-order valence-corrected chi connectivity index (χ0v) is 10.7. The highest BCUT2D eigenvalue weighted by molar-refractivity contribution is 5.16. The zero-order chi connectivity index (χ0) is 12.4. The van der Waals surface area contributed by atoms with Gasteiger partial charge in [-0.15, -0.1) is 0 Å². The minimum atomic E-state index is -0.131. The van der Waals surface area contributed by atoms with E-state index in [4.69, 9.17) is 0 Å². The summed E-state index contributed by atoms with van der Waals surface area (Å²) in [5.41, 5.74) is 1.08. The minimum absolute atomic E-state index is 0.131. The summed E-state index contributed by atoms with van der Waals surface area (Å²) in [6.45, 7) is 3.41. The summed E-state index contributed by atoms with van der Waals surface area (Å²) in [4.78, 5) is 2.61. The van der Waals surface area contributed by atoms with Crippen molar-refractivity contribution in [2.24, 2.45) is 0 Å². The molecule has 1 unspecified atom stereocenters. The minimum Gasteiger partial charge on any atom is -0.312 e. The molecule has 1 aromatic rings. The van der Waals surface area contributed by atoms with Gasteiger partial charge in [-0.1, -0.05) is 12.1 Å². The quantitative estimate of drug-likeness (QED) is 0.859. The number of hydrogen-bond acceptors (Lipinski definition) is 2. The molecule has 1 aliphatic carbocycles. The second-order valence-corrected chi connectivity index (χ2v) is 5.55. The molecule has 0 amide bonds. The molecule has 1 aromatic carbocycles. The molecule has 2 nitrogen and oxygen atoms in total. The van der Waals surface area contributed by atoms with E-state index in [0.29, 0.717) is 6.04 Å². The number of nitrogens with one attached hydrogen (secondary N) is 1. The predicted molar refractivity (Wildman–Crippen MR) is 71.1 cm³/mol. The Morgan fingerprint density at radius 3 is 2.94 bits per heavy atom. The number of halogens is 1. The molecule has 98 valence electrons. The lowest BCUT2D eigenvalue weighted by Crippen LogP contribution is -2.34. The van der Waals surface area contributed by atoms with Crippen LogP contribution in [-0.2, 0) is 6.42 Å². The largest absolute Gasteiger partial charge is 0.312 e. The van der Waals surface area contributed by atoms with Crippen LogP contribution in [0.3, 0.4) is 0 Å². The summed E-state index contributed by atoms with van der Waals surface area (Å²) >= 11 is 0. The first-order valence-corrected chi connectivity index (χ1v) is 7.03. The van der Waals surface area contributed by atoms with Gasteiger partial charge in [-0.25, -0.2) is 4.39 Å². The lowest BCUT2D eigenvalue weighted by atomic mass is 10.1. The van der Waals surface area contributed by atoms with Crippen molar-refractivity contribution >= 4 is 0 Å². The van der Waals surface area contributed by atoms with Gasteiger partial charge in [-0.3, -0.25) is 4.90 Å². The van der Waals surface area contributed by atoms with Gasteiger partial charge in [0.15, 0.2) is 0 Å². The van der Waals surface area contributed by atoms with Crippen LogP contribution in [0.2, 0.25) is 0 Å². The summed E-state index contributed by atoms with van der Waals surface area (Å²) in [6.07, 6.45) is 4.98. The molecular formula is C15H21FN2. The summed E-state index contributed by atoms with van der Waals surface area (Å²) in [6, 6.07) is 8.44. The number of benzene rings is 1. The van der Waals surface area contributed by atoms with Crippen molar-refractivity contribution < 1.29 is 4.39 Å². The number of likely N-dealkylation sites (tertiary alicyclic amines) is 1. The molecule has 1 atom stereocenters. The molecule has 2 fully saturated rings. The van der Waals surface area contributed by atoms with E-state index in [-0.39, 0.29) is 5.82 Å². The van der Waals surface area contributed by atoms with Gasteiger partial charge >= 0.3 is 0 Å². The van der Waals surface area contributed by atoms with E-state index in [9.17, 15) is 4.39 Å². The van der Waals surface area contributed by atoms with E-state index in [2.05, 4.69) is 10.2 Å². The Morgan fingerprint density at radius 1 is 1.28 bits per heavy atom. The second-order valence-electron chi connectivity index (χ2n) is 5.55. The molecule has 3 rings (SSSR count). The van der Waals surface area contributed by atoms with Crippen molar-refractivity contribution in [2.75, 3.05) is 19.6 Å².